The molecule has 0 heteroatoms. The fourth-order valence-corrected chi connectivity index (χ4v) is 2.78. The summed E-state index contributed by atoms with van der Waals surface area (Å²) in [5.41, 5.74) is 6.86. The predicted octanol–water partition coefficient (Wildman–Crippen LogP) is 6.15. The van der Waals surface area contributed by atoms with Crippen molar-refractivity contribution in [1.82, 2.24) is 0 Å². The fourth-order valence-electron chi connectivity index (χ4n) is 2.78. The average molecular weight is 302 g/mol. The van der Waals surface area contributed by atoms with E-state index in [4.69, 9.17) is 0 Å². The summed E-state index contributed by atoms with van der Waals surface area (Å²) in [6.45, 7) is 8.34. The highest BCUT2D eigenvalue weighted by molar-refractivity contribution is 5.35. The van der Waals surface area contributed by atoms with Gasteiger partial charge in [-0.2, -0.15) is 0 Å². The second kappa shape index (κ2) is 8.95. The van der Waals surface area contributed by atoms with E-state index in [1.807, 2.05) is 6.08 Å². The molecule has 0 bridgehead atoms. The summed E-state index contributed by atoms with van der Waals surface area (Å²) < 4.78 is 0. The summed E-state index contributed by atoms with van der Waals surface area (Å²) in [5, 5.41) is 0. The molecule has 0 aromatic heterocycles. The Kier molecular flexibility index (Phi) is 6.62. The van der Waals surface area contributed by atoms with E-state index >= 15 is 0 Å². The maximum atomic E-state index is 3.95. The number of rotatable bonds is 7. The minimum absolute atomic E-state index is 0.971. The van der Waals surface area contributed by atoms with Gasteiger partial charge in [0.2, 0.25) is 0 Å². The molecule has 0 aliphatic heterocycles. The first-order valence-corrected chi connectivity index (χ1v) is 8.28. The number of allylic oxidation sites excluding steroid dienone is 5. The van der Waals surface area contributed by atoms with Gasteiger partial charge in [-0.05, 0) is 60.9 Å². The third-order valence-electron chi connectivity index (χ3n) is 4.21. The molecule has 0 aliphatic carbocycles. The van der Waals surface area contributed by atoms with E-state index < -0.39 is 0 Å². The van der Waals surface area contributed by atoms with Crippen molar-refractivity contribution in [2.75, 3.05) is 0 Å². The van der Waals surface area contributed by atoms with Crippen molar-refractivity contribution in [3.63, 3.8) is 0 Å². The Labute approximate surface area is 140 Å². The highest BCUT2D eigenvalue weighted by Crippen LogP contribution is 2.18. The molecule has 0 heterocycles. The molecule has 2 rings (SSSR count). The molecular weight excluding hydrogens is 276 g/mol. The molecule has 0 saturated heterocycles. The maximum Gasteiger partial charge on any atom is -0.00943 e. The quantitative estimate of drug-likeness (QED) is 0.538. The fraction of sp³-hybridized carbons (Fsp3) is 0.217. The number of hydrogen-bond donors (Lipinski definition) is 0. The Balaban J connectivity index is 1.93. The van der Waals surface area contributed by atoms with Crippen LogP contribution in [0.2, 0.25) is 0 Å². The molecule has 0 aliphatic rings. The van der Waals surface area contributed by atoms with Crippen molar-refractivity contribution in [3.8, 4) is 0 Å². The van der Waals surface area contributed by atoms with Gasteiger partial charge >= 0.3 is 0 Å². The third kappa shape index (κ3) is 5.41. The Morgan fingerprint density at radius 3 is 2.30 bits per heavy atom. The van der Waals surface area contributed by atoms with E-state index in [0.29, 0.717) is 0 Å². The highest BCUT2D eigenvalue weighted by Gasteiger charge is 2.02. The van der Waals surface area contributed by atoms with Crippen molar-refractivity contribution in [1.29, 1.82) is 0 Å². The van der Waals surface area contributed by atoms with Crippen molar-refractivity contribution < 1.29 is 0 Å². The summed E-state index contributed by atoms with van der Waals surface area (Å²) in [7, 11) is 0. The monoisotopic (exact) mass is 302 g/mol. The van der Waals surface area contributed by atoms with Crippen molar-refractivity contribution >= 4 is 0 Å². The minimum Gasteiger partial charge on any atom is -0.0988 e. The van der Waals surface area contributed by atoms with E-state index in [2.05, 4.69) is 87.2 Å². The van der Waals surface area contributed by atoms with Crippen molar-refractivity contribution in [2.24, 2.45) is 0 Å². The molecule has 0 unspecified atom stereocenters. The van der Waals surface area contributed by atoms with Crippen LogP contribution in [0, 0.1) is 13.8 Å². The zero-order chi connectivity index (χ0) is 16.5. The SMILES string of the molecule is C=C/C(=C\C=C/Cc1ccccc1)CCc1c(C)cccc1C. The summed E-state index contributed by atoms with van der Waals surface area (Å²) in [5.74, 6) is 0. The van der Waals surface area contributed by atoms with Gasteiger partial charge in [-0.1, -0.05) is 79.4 Å². The van der Waals surface area contributed by atoms with Gasteiger partial charge < -0.3 is 0 Å². The third-order valence-corrected chi connectivity index (χ3v) is 4.21. The molecule has 2 aromatic rings. The first-order valence-electron chi connectivity index (χ1n) is 8.28. The van der Waals surface area contributed by atoms with E-state index in [0.717, 1.165) is 19.3 Å². The second-order valence-corrected chi connectivity index (χ2v) is 5.93. The molecular formula is C23H26. The van der Waals surface area contributed by atoms with Crippen LogP contribution in [0.1, 0.15) is 28.7 Å². The summed E-state index contributed by atoms with van der Waals surface area (Å²) >= 11 is 0. The van der Waals surface area contributed by atoms with Gasteiger partial charge in [0.15, 0.2) is 0 Å². The molecule has 0 radical (unpaired) electrons. The molecule has 23 heavy (non-hydrogen) atoms. The first kappa shape index (κ1) is 17.0. The van der Waals surface area contributed by atoms with E-state index in [9.17, 15) is 0 Å². The van der Waals surface area contributed by atoms with Crippen LogP contribution in [0.5, 0.6) is 0 Å². The molecule has 0 amide bonds. The van der Waals surface area contributed by atoms with E-state index in [1.165, 1.54) is 27.8 Å². The lowest BCUT2D eigenvalue weighted by molar-refractivity contribution is 0.942. The Morgan fingerprint density at radius 2 is 1.65 bits per heavy atom. The number of aryl methyl sites for hydroxylation is 2. The largest absolute Gasteiger partial charge is 0.0988 e. The van der Waals surface area contributed by atoms with Crippen LogP contribution in [-0.2, 0) is 12.8 Å². The Morgan fingerprint density at radius 1 is 0.957 bits per heavy atom. The van der Waals surface area contributed by atoms with Gasteiger partial charge in [-0.3, -0.25) is 0 Å². The van der Waals surface area contributed by atoms with Gasteiger partial charge in [0.1, 0.15) is 0 Å². The lowest BCUT2D eigenvalue weighted by Crippen LogP contribution is -1.94. The molecule has 2 aromatic carbocycles. The van der Waals surface area contributed by atoms with Gasteiger partial charge in [0, 0.05) is 0 Å². The van der Waals surface area contributed by atoms with Crippen LogP contribution in [0.25, 0.3) is 0 Å². The molecule has 0 spiro atoms. The molecule has 118 valence electrons. The minimum atomic E-state index is 0.971. The molecule has 0 N–H and O–H groups in total. The Bertz CT molecular complexity index is 667. The van der Waals surface area contributed by atoms with Gasteiger partial charge in [-0.15, -0.1) is 0 Å². The van der Waals surface area contributed by atoms with Gasteiger partial charge in [0.05, 0.1) is 0 Å². The lowest BCUT2D eigenvalue weighted by Gasteiger charge is -2.09. The van der Waals surface area contributed by atoms with E-state index in [1.54, 1.807) is 0 Å². The lowest BCUT2D eigenvalue weighted by atomic mass is 9.96. The zero-order valence-corrected chi connectivity index (χ0v) is 14.3. The average Bonchev–Trinajstić information content (AvgIpc) is 2.57. The topological polar surface area (TPSA) is 0 Å². The second-order valence-electron chi connectivity index (χ2n) is 5.93. The molecule has 0 fully saturated rings. The Hall–Kier alpha value is -2.34. The summed E-state index contributed by atoms with van der Waals surface area (Å²) in [6.07, 6.45) is 11.6. The van der Waals surface area contributed by atoms with Gasteiger partial charge in [0.25, 0.3) is 0 Å². The smallest absolute Gasteiger partial charge is 0.00943 e. The standard InChI is InChI=1S/C23H26/c1-4-21(13-8-9-16-22-14-6-5-7-15-22)17-18-23-19(2)11-10-12-20(23)3/h4-15H,1,16-18H2,2-3H3/b9-8-,21-13+. The number of hydrogen-bond acceptors (Lipinski definition) is 0. The van der Waals surface area contributed by atoms with Crippen LogP contribution < -0.4 is 0 Å². The van der Waals surface area contributed by atoms with Crippen LogP contribution in [0.4, 0.5) is 0 Å². The van der Waals surface area contributed by atoms with Gasteiger partial charge in [-0.25, -0.2) is 0 Å². The highest BCUT2D eigenvalue weighted by atomic mass is 14.1. The van der Waals surface area contributed by atoms with Crippen LogP contribution in [0.3, 0.4) is 0 Å². The number of benzene rings is 2. The summed E-state index contributed by atoms with van der Waals surface area (Å²) in [6, 6.07) is 17.0. The normalized spacial score (nSPS) is 11.8. The maximum absolute atomic E-state index is 3.95. The zero-order valence-electron chi connectivity index (χ0n) is 14.3. The van der Waals surface area contributed by atoms with Crippen LogP contribution in [-0.4, -0.2) is 0 Å². The van der Waals surface area contributed by atoms with Crippen molar-refractivity contribution in [3.05, 3.63) is 107 Å². The molecule has 0 atom stereocenters. The van der Waals surface area contributed by atoms with E-state index in [-0.39, 0.29) is 0 Å². The molecule has 0 saturated carbocycles. The predicted molar refractivity (Wildman–Crippen MR) is 102 cm³/mol. The van der Waals surface area contributed by atoms with Crippen LogP contribution >= 0.6 is 0 Å². The van der Waals surface area contributed by atoms with Crippen molar-refractivity contribution in [2.45, 2.75) is 33.1 Å². The first-order chi connectivity index (χ1) is 11.2. The molecule has 0 nitrogen and oxygen atoms in total. The van der Waals surface area contributed by atoms with Crippen LogP contribution in [0.15, 0.2) is 85.0 Å². The summed E-state index contributed by atoms with van der Waals surface area (Å²) in [4.78, 5) is 0.